The van der Waals surface area contributed by atoms with Gasteiger partial charge in [0.15, 0.2) is 0 Å². The molecule has 1 aliphatic carbocycles. The summed E-state index contributed by atoms with van der Waals surface area (Å²) in [4.78, 5) is 18.2. The van der Waals surface area contributed by atoms with Gasteiger partial charge in [0.25, 0.3) is 0 Å². The summed E-state index contributed by atoms with van der Waals surface area (Å²) in [5, 5.41) is 0. The van der Waals surface area contributed by atoms with Gasteiger partial charge in [0.05, 0.1) is 11.0 Å². The first-order chi connectivity index (χ1) is 12.7. The van der Waals surface area contributed by atoms with Crippen molar-refractivity contribution in [2.45, 2.75) is 57.5 Å². The highest BCUT2D eigenvalue weighted by Crippen LogP contribution is 2.32. The second kappa shape index (κ2) is 7.57. The Morgan fingerprint density at radius 3 is 2.50 bits per heavy atom. The number of aromatic nitrogens is 2. The number of nitrogens with one attached hydrogen (secondary N) is 1. The quantitative estimate of drug-likeness (QED) is 0.911. The smallest absolute Gasteiger partial charge is 0.326 e. The number of benzene rings is 1. The number of aryl methyl sites for hydroxylation is 1. The Balaban J connectivity index is 1.41. The number of imidazole rings is 1. The van der Waals surface area contributed by atoms with Crippen molar-refractivity contribution in [3.8, 4) is 0 Å². The minimum Gasteiger partial charge on any atom is -0.384 e. The summed E-state index contributed by atoms with van der Waals surface area (Å²) in [6.07, 6.45) is 7.31. The average molecular weight is 357 g/mol. The molecule has 2 fully saturated rings. The highest BCUT2D eigenvalue weighted by Gasteiger charge is 2.30. The molecule has 2 aromatic rings. The van der Waals surface area contributed by atoms with Crippen LogP contribution in [0, 0.1) is 12.8 Å². The van der Waals surface area contributed by atoms with Crippen molar-refractivity contribution in [3.63, 3.8) is 0 Å². The van der Waals surface area contributed by atoms with E-state index in [1.165, 1.54) is 31.2 Å². The van der Waals surface area contributed by atoms with Crippen molar-refractivity contribution >= 4 is 11.0 Å². The maximum Gasteiger partial charge on any atom is 0.326 e. The Morgan fingerprint density at radius 2 is 1.81 bits per heavy atom. The van der Waals surface area contributed by atoms with Crippen molar-refractivity contribution in [2.24, 2.45) is 5.92 Å². The van der Waals surface area contributed by atoms with Gasteiger partial charge in [-0.05, 0) is 69.1 Å². The van der Waals surface area contributed by atoms with Gasteiger partial charge in [0.2, 0.25) is 0 Å². The van der Waals surface area contributed by atoms with Gasteiger partial charge in [-0.15, -0.1) is 0 Å². The molecule has 0 atom stereocenters. The number of piperidine rings is 1. The summed E-state index contributed by atoms with van der Waals surface area (Å²) in [6, 6.07) is 7.27. The molecule has 0 amide bonds. The SMILES string of the molecule is COCC1CCC(N2CCC(n3c(=O)[nH]c4ccc(C)cc43)CC2)CC1. The minimum atomic E-state index is 0.0455. The van der Waals surface area contributed by atoms with Crippen LogP contribution in [0.3, 0.4) is 0 Å². The lowest BCUT2D eigenvalue weighted by molar-refractivity contribution is 0.0714. The Kier molecular flexibility index (Phi) is 5.18. The van der Waals surface area contributed by atoms with Crippen LogP contribution < -0.4 is 5.69 Å². The summed E-state index contributed by atoms with van der Waals surface area (Å²) in [5.41, 5.74) is 3.27. The van der Waals surface area contributed by atoms with Crippen LogP contribution in [0.1, 0.15) is 50.1 Å². The number of hydrogen-bond donors (Lipinski definition) is 1. The number of hydrogen-bond acceptors (Lipinski definition) is 3. The van der Waals surface area contributed by atoms with Gasteiger partial charge in [0, 0.05) is 38.9 Å². The van der Waals surface area contributed by atoms with E-state index in [2.05, 4.69) is 28.9 Å². The van der Waals surface area contributed by atoms with Crippen molar-refractivity contribution in [2.75, 3.05) is 26.8 Å². The second-order valence-electron chi connectivity index (χ2n) is 8.22. The molecule has 5 heteroatoms. The summed E-state index contributed by atoms with van der Waals surface area (Å²) in [6.45, 7) is 5.21. The standard InChI is InChI=1S/C21H31N3O2/c1-15-3-8-19-20(13-15)24(21(25)22-19)18-9-11-23(12-10-18)17-6-4-16(5-7-17)14-26-2/h3,8,13,16-18H,4-7,9-12,14H2,1-2H3,(H,22,25). The van der Waals surface area contributed by atoms with Crippen LogP contribution in [0.25, 0.3) is 11.0 Å². The molecule has 0 spiro atoms. The van der Waals surface area contributed by atoms with Gasteiger partial charge in [0.1, 0.15) is 0 Å². The number of ether oxygens (including phenoxy) is 1. The normalized spacial score (nSPS) is 25.8. The van der Waals surface area contributed by atoms with Crippen LogP contribution in [0.5, 0.6) is 0 Å². The highest BCUT2D eigenvalue weighted by molar-refractivity contribution is 5.76. The highest BCUT2D eigenvalue weighted by atomic mass is 16.5. The number of nitrogens with zero attached hydrogens (tertiary/aromatic N) is 2. The zero-order valence-corrected chi connectivity index (χ0v) is 16.0. The van der Waals surface area contributed by atoms with Crippen LogP contribution in [-0.4, -0.2) is 47.3 Å². The maximum absolute atomic E-state index is 12.5. The number of rotatable bonds is 4. The fourth-order valence-corrected chi connectivity index (χ4v) is 5.02. The first-order valence-corrected chi connectivity index (χ1v) is 10.1. The second-order valence-corrected chi connectivity index (χ2v) is 8.22. The van der Waals surface area contributed by atoms with E-state index < -0.39 is 0 Å². The molecule has 4 rings (SSSR count). The molecule has 2 aliphatic rings. The molecule has 1 N–H and O–H groups in total. The van der Waals surface area contributed by atoms with Crippen molar-refractivity contribution in [3.05, 3.63) is 34.2 Å². The van der Waals surface area contributed by atoms with Crippen LogP contribution in [0.15, 0.2) is 23.0 Å². The Labute approximate surface area is 155 Å². The summed E-state index contributed by atoms with van der Waals surface area (Å²) < 4.78 is 7.33. The third kappa shape index (κ3) is 3.47. The van der Waals surface area contributed by atoms with Gasteiger partial charge >= 0.3 is 5.69 Å². The fourth-order valence-electron chi connectivity index (χ4n) is 5.02. The molecule has 1 saturated carbocycles. The third-order valence-electron chi connectivity index (χ3n) is 6.47. The molecule has 1 aromatic heterocycles. The van der Waals surface area contributed by atoms with E-state index in [1.54, 1.807) is 0 Å². The number of H-pyrrole nitrogens is 1. The molecule has 0 bridgehead atoms. The van der Waals surface area contributed by atoms with Crippen molar-refractivity contribution < 1.29 is 4.74 Å². The Bertz CT molecular complexity index is 793. The molecule has 0 unspecified atom stereocenters. The largest absolute Gasteiger partial charge is 0.384 e. The van der Waals surface area contributed by atoms with E-state index >= 15 is 0 Å². The lowest BCUT2D eigenvalue weighted by atomic mass is 9.85. The molecule has 142 valence electrons. The maximum atomic E-state index is 12.5. The van der Waals surface area contributed by atoms with E-state index in [9.17, 15) is 4.79 Å². The monoisotopic (exact) mass is 357 g/mol. The zero-order chi connectivity index (χ0) is 18.1. The topological polar surface area (TPSA) is 50.3 Å². The first-order valence-electron chi connectivity index (χ1n) is 10.1. The summed E-state index contributed by atoms with van der Waals surface area (Å²) in [5.74, 6) is 0.752. The Hall–Kier alpha value is -1.59. The lowest BCUT2D eigenvalue weighted by Gasteiger charge is -2.41. The zero-order valence-electron chi connectivity index (χ0n) is 16.0. The van der Waals surface area contributed by atoms with Crippen LogP contribution >= 0.6 is 0 Å². The van der Waals surface area contributed by atoms with Gasteiger partial charge < -0.3 is 14.6 Å². The minimum absolute atomic E-state index is 0.0455. The first kappa shape index (κ1) is 17.8. The number of methoxy groups -OCH3 is 1. The van der Waals surface area contributed by atoms with E-state index in [-0.39, 0.29) is 5.69 Å². The van der Waals surface area contributed by atoms with Crippen molar-refractivity contribution in [1.29, 1.82) is 0 Å². The molecule has 26 heavy (non-hydrogen) atoms. The van der Waals surface area contributed by atoms with Gasteiger partial charge in [-0.25, -0.2) is 4.79 Å². The third-order valence-corrected chi connectivity index (χ3v) is 6.47. The fraction of sp³-hybridized carbons (Fsp3) is 0.667. The van der Waals surface area contributed by atoms with Crippen LogP contribution in [-0.2, 0) is 4.74 Å². The molecule has 5 nitrogen and oxygen atoms in total. The van der Waals surface area contributed by atoms with E-state index in [0.29, 0.717) is 6.04 Å². The number of fused-ring (bicyclic) bond motifs is 1. The predicted octanol–water partition coefficient (Wildman–Crippen LogP) is 3.48. The average Bonchev–Trinajstić information content (AvgIpc) is 2.98. The molecule has 1 aromatic carbocycles. The molecule has 0 radical (unpaired) electrons. The Morgan fingerprint density at radius 1 is 1.08 bits per heavy atom. The van der Waals surface area contributed by atoms with Gasteiger partial charge in [-0.1, -0.05) is 6.07 Å². The summed E-state index contributed by atoms with van der Waals surface area (Å²) >= 11 is 0. The molecular weight excluding hydrogens is 326 g/mol. The van der Waals surface area contributed by atoms with Gasteiger partial charge in [-0.3, -0.25) is 4.57 Å². The lowest BCUT2D eigenvalue weighted by Crippen LogP contribution is -2.44. The molecule has 2 heterocycles. The summed E-state index contributed by atoms with van der Waals surface area (Å²) in [7, 11) is 1.81. The van der Waals surface area contributed by atoms with Crippen molar-refractivity contribution in [1.82, 2.24) is 14.5 Å². The van der Waals surface area contributed by atoms with Crippen LogP contribution in [0.2, 0.25) is 0 Å². The van der Waals surface area contributed by atoms with E-state index in [0.717, 1.165) is 55.5 Å². The van der Waals surface area contributed by atoms with E-state index in [1.807, 2.05) is 17.7 Å². The van der Waals surface area contributed by atoms with E-state index in [4.69, 9.17) is 4.74 Å². The molecular formula is C21H31N3O2. The number of aromatic amines is 1. The molecule has 1 saturated heterocycles. The molecule has 1 aliphatic heterocycles. The number of likely N-dealkylation sites (tertiary alicyclic amines) is 1. The predicted molar refractivity (Wildman–Crippen MR) is 105 cm³/mol. The van der Waals surface area contributed by atoms with Crippen LogP contribution in [0.4, 0.5) is 0 Å². The van der Waals surface area contributed by atoms with Gasteiger partial charge in [-0.2, -0.15) is 0 Å².